The number of fused-ring (bicyclic) bond motifs is 1. The number of anilines is 1. The molecule has 1 aliphatic heterocycles. The molecular weight excluding hydrogens is 491 g/mol. The summed E-state index contributed by atoms with van der Waals surface area (Å²) in [6.07, 6.45) is 0.219. The van der Waals surface area contributed by atoms with E-state index in [4.69, 9.17) is 27.9 Å². The molecule has 0 unspecified atom stereocenters. The Kier molecular flexibility index (Phi) is 7.00. The average Bonchev–Trinajstić information content (AvgIpc) is 3.15. The number of hydrogen-bond acceptors (Lipinski definition) is 6. The third-order valence-corrected chi connectivity index (χ3v) is 6.19. The van der Waals surface area contributed by atoms with Crippen molar-refractivity contribution in [1.29, 1.82) is 0 Å². The minimum atomic E-state index is -0.550. The van der Waals surface area contributed by atoms with E-state index in [1.165, 1.54) is 0 Å². The Morgan fingerprint density at radius 1 is 1.14 bits per heavy atom. The van der Waals surface area contributed by atoms with Gasteiger partial charge in [0, 0.05) is 18.7 Å². The van der Waals surface area contributed by atoms with Gasteiger partial charge in [0.15, 0.2) is 5.69 Å². The van der Waals surface area contributed by atoms with Gasteiger partial charge in [-0.25, -0.2) is 14.5 Å². The Balaban J connectivity index is 1.42. The van der Waals surface area contributed by atoms with Gasteiger partial charge in [-0.1, -0.05) is 40.5 Å². The molecule has 35 heavy (non-hydrogen) atoms. The molecule has 184 valence electrons. The molecule has 0 saturated heterocycles. The van der Waals surface area contributed by atoms with Crippen molar-refractivity contribution >= 4 is 41.0 Å². The molecule has 0 aliphatic carbocycles. The SMILES string of the molecule is Cc1c(C(=O)Nc2ccc3c(n2)CCN(C(=O)OC(C)(C)C)C3)nnn1Cc1ccc(Cl)c(Cl)c1. The van der Waals surface area contributed by atoms with E-state index in [9.17, 15) is 9.59 Å². The number of carbonyl (C=O) groups is 2. The lowest BCUT2D eigenvalue weighted by Crippen LogP contribution is -2.40. The van der Waals surface area contributed by atoms with Gasteiger partial charge in [-0.2, -0.15) is 0 Å². The summed E-state index contributed by atoms with van der Waals surface area (Å²) in [5.41, 5.74) is 2.91. The molecule has 1 aromatic carbocycles. The number of pyridine rings is 1. The second kappa shape index (κ2) is 9.83. The number of carbonyl (C=O) groups excluding carboxylic acids is 2. The number of halogens is 2. The first-order chi connectivity index (χ1) is 16.5. The molecule has 4 rings (SSSR count). The van der Waals surface area contributed by atoms with Gasteiger partial charge < -0.3 is 15.0 Å². The number of rotatable bonds is 4. The van der Waals surface area contributed by atoms with E-state index < -0.39 is 11.5 Å². The summed E-state index contributed by atoms with van der Waals surface area (Å²) in [6.45, 7) is 8.60. The van der Waals surface area contributed by atoms with E-state index in [0.717, 1.165) is 16.8 Å². The predicted octanol–water partition coefficient (Wildman–Crippen LogP) is 4.88. The van der Waals surface area contributed by atoms with Crippen LogP contribution in [0.2, 0.25) is 10.0 Å². The third-order valence-electron chi connectivity index (χ3n) is 5.46. The van der Waals surface area contributed by atoms with Crippen LogP contribution >= 0.6 is 23.2 Å². The highest BCUT2D eigenvalue weighted by Gasteiger charge is 2.27. The van der Waals surface area contributed by atoms with E-state index in [-0.39, 0.29) is 11.8 Å². The van der Waals surface area contributed by atoms with Crippen LogP contribution in [0.25, 0.3) is 0 Å². The summed E-state index contributed by atoms with van der Waals surface area (Å²) in [7, 11) is 0. The highest BCUT2D eigenvalue weighted by Crippen LogP contribution is 2.24. The summed E-state index contributed by atoms with van der Waals surface area (Å²) < 4.78 is 7.09. The molecule has 0 atom stereocenters. The molecule has 0 bridgehead atoms. The molecule has 3 heterocycles. The summed E-state index contributed by atoms with van der Waals surface area (Å²) >= 11 is 12.1. The first-order valence-electron chi connectivity index (χ1n) is 11.1. The second-order valence-electron chi connectivity index (χ2n) is 9.34. The molecule has 0 spiro atoms. The quantitative estimate of drug-likeness (QED) is 0.529. The van der Waals surface area contributed by atoms with Gasteiger partial charge in [-0.15, -0.1) is 5.10 Å². The van der Waals surface area contributed by atoms with E-state index in [0.29, 0.717) is 47.6 Å². The molecule has 9 nitrogen and oxygen atoms in total. The van der Waals surface area contributed by atoms with Gasteiger partial charge in [-0.05, 0) is 57.0 Å². The first kappa shape index (κ1) is 24.9. The fourth-order valence-corrected chi connectivity index (χ4v) is 4.00. The number of nitrogens with one attached hydrogen (secondary N) is 1. The molecule has 3 aromatic rings. The molecule has 2 amide bonds. The van der Waals surface area contributed by atoms with Crippen LogP contribution in [-0.2, 0) is 24.2 Å². The van der Waals surface area contributed by atoms with Gasteiger partial charge >= 0.3 is 6.09 Å². The van der Waals surface area contributed by atoms with Crippen LogP contribution in [0.15, 0.2) is 30.3 Å². The van der Waals surface area contributed by atoms with Crippen LogP contribution in [0.4, 0.5) is 10.6 Å². The monoisotopic (exact) mass is 516 g/mol. The van der Waals surface area contributed by atoms with Crippen molar-refractivity contribution in [2.45, 2.75) is 52.8 Å². The van der Waals surface area contributed by atoms with Crippen molar-refractivity contribution in [3.63, 3.8) is 0 Å². The van der Waals surface area contributed by atoms with Crippen LogP contribution in [0.1, 0.15) is 53.8 Å². The Morgan fingerprint density at radius 3 is 2.63 bits per heavy atom. The minimum Gasteiger partial charge on any atom is -0.444 e. The average molecular weight is 517 g/mol. The molecule has 1 N–H and O–H groups in total. The third kappa shape index (κ3) is 5.91. The molecule has 0 fully saturated rings. The van der Waals surface area contributed by atoms with Crippen LogP contribution in [0, 0.1) is 6.92 Å². The normalized spacial score (nSPS) is 13.4. The maximum Gasteiger partial charge on any atom is 0.410 e. The Bertz CT molecular complexity index is 1280. The van der Waals surface area contributed by atoms with Crippen molar-refractivity contribution in [2.75, 3.05) is 11.9 Å². The largest absolute Gasteiger partial charge is 0.444 e. The van der Waals surface area contributed by atoms with Crippen molar-refractivity contribution < 1.29 is 14.3 Å². The summed E-state index contributed by atoms with van der Waals surface area (Å²) in [5, 5.41) is 11.9. The second-order valence-corrected chi connectivity index (χ2v) is 10.2. The molecule has 0 radical (unpaired) electrons. The van der Waals surface area contributed by atoms with Gasteiger partial charge in [0.2, 0.25) is 0 Å². The van der Waals surface area contributed by atoms with Gasteiger partial charge in [0.1, 0.15) is 11.4 Å². The van der Waals surface area contributed by atoms with Crippen LogP contribution in [0.5, 0.6) is 0 Å². The van der Waals surface area contributed by atoms with Gasteiger partial charge in [0.25, 0.3) is 5.91 Å². The summed E-state index contributed by atoms with van der Waals surface area (Å²) in [4.78, 5) is 31.5. The summed E-state index contributed by atoms with van der Waals surface area (Å²) in [5.74, 6) is 0.0134. The van der Waals surface area contributed by atoms with Crippen LogP contribution in [-0.4, -0.2) is 49.0 Å². The van der Waals surface area contributed by atoms with E-state index in [2.05, 4.69) is 20.6 Å². The molecule has 11 heteroatoms. The van der Waals surface area contributed by atoms with Crippen LogP contribution < -0.4 is 5.32 Å². The lowest BCUT2D eigenvalue weighted by atomic mass is 10.1. The Hall–Kier alpha value is -3.17. The molecular formula is C24H26Cl2N6O3. The van der Waals surface area contributed by atoms with Gasteiger partial charge in [-0.3, -0.25) is 4.79 Å². The number of aromatic nitrogens is 4. The number of nitrogens with zero attached hydrogens (tertiary/aromatic N) is 5. The maximum atomic E-state index is 12.9. The van der Waals surface area contributed by atoms with Crippen molar-refractivity contribution in [3.8, 4) is 0 Å². The zero-order valence-corrected chi connectivity index (χ0v) is 21.4. The predicted molar refractivity (Wildman–Crippen MR) is 133 cm³/mol. The van der Waals surface area contributed by atoms with Crippen LogP contribution in [0.3, 0.4) is 0 Å². The molecule has 1 aliphatic rings. The Labute approximate surface area is 213 Å². The van der Waals surface area contributed by atoms with E-state index in [1.807, 2.05) is 32.9 Å². The zero-order chi connectivity index (χ0) is 25.3. The highest BCUT2D eigenvalue weighted by molar-refractivity contribution is 6.42. The molecule has 0 saturated carbocycles. The van der Waals surface area contributed by atoms with Crippen molar-refractivity contribution in [3.05, 3.63) is 68.6 Å². The molecule has 2 aromatic heterocycles. The lowest BCUT2D eigenvalue weighted by molar-refractivity contribution is 0.0223. The number of ether oxygens (including phenoxy) is 1. The van der Waals surface area contributed by atoms with Crippen molar-refractivity contribution in [1.82, 2.24) is 24.9 Å². The van der Waals surface area contributed by atoms with E-state index >= 15 is 0 Å². The number of hydrogen-bond donors (Lipinski definition) is 1. The maximum absolute atomic E-state index is 12.9. The topological polar surface area (TPSA) is 102 Å². The first-order valence-corrected chi connectivity index (χ1v) is 11.9. The smallest absolute Gasteiger partial charge is 0.410 e. The Morgan fingerprint density at radius 2 is 1.91 bits per heavy atom. The summed E-state index contributed by atoms with van der Waals surface area (Å²) in [6, 6.07) is 8.89. The minimum absolute atomic E-state index is 0.209. The number of amides is 2. The van der Waals surface area contributed by atoms with E-state index in [1.54, 1.807) is 34.7 Å². The fourth-order valence-electron chi connectivity index (χ4n) is 3.67. The zero-order valence-electron chi connectivity index (χ0n) is 19.9. The fraction of sp³-hybridized carbons (Fsp3) is 0.375. The standard InChI is InChI=1S/C24H26Cl2N6O3/c1-14-21(29-30-32(14)12-15-5-7-17(25)18(26)11-15)22(33)28-20-8-6-16-13-31(10-9-19(16)27-20)23(34)35-24(2,3)4/h5-8,11H,9-10,12-13H2,1-4H3,(H,27,28,33). The lowest BCUT2D eigenvalue weighted by Gasteiger charge is -2.30. The van der Waals surface area contributed by atoms with Crippen molar-refractivity contribution in [2.24, 2.45) is 0 Å². The van der Waals surface area contributed by atoms with Gasteiger partial charge in [0.05, 0.1) is 28.8 Å². The number of benzene rings is 1. The highest BCUT2D eigenvalue weighted by atomic mass is 35.5.